The highest BCUT2D eigenvalue weighted by atomic mass is 35.5. The topological polar surface area (TPSA) is 49.3 Å². The first kappa shape index (κ1) is 15.5. The van der Waals surface area contributed by atoms with Crippen molar-refractivity contribution in [2.45, 2.75) is 19.3 Å². The van der Waals surface area contributed by atoms with Crippen molar-refractivity contribution in [2.24, 2.45) is 11.8 Å². The van der Waals surface area contributed by atoms with Crippen molar-refractivity contribution in [3.63, 3.8) is 0 Å². The van der Waals surface area contributed by atoms with Gasteiger partial charge in [0.25, 0.3) is 5.91 Å². The number of hydrogen-bond acceptors (Lipinski definition) is 2. The second kappa shape index (κ2) is 6.74. The summed E-state index contributed by atoms with van der Waals surface area (Å²) in [7, 11) is 0. The van der Waals surface area contributed by atoms with Crippen LogP contribution in [0.4, 0.5) is 4.39 Å². The van der Waals surface area contributed by atoms with Gasteiger partial charge in [0, 0.05) is 13.2 Å². The molecule has 0 bridgehead atoms. The molecule has 0 saturated heterocycles. The van der Waals surface area contributed by atoms with E-state index in [9.17, 15) is 14.3 Å². The van der Waals surface area contributed by atoms with Crippen LogP contribution in [0, 0.1) is 17.7 Å². The van der Waals surface area contributed by atoms with Crippen molar-refractivity contribution >= 4 is 29.1 Å². The summed E-state index contributed by atoms with van der Waals surface area (Å²) in [4.78, 5) is 12.0. The van der Waals surface area contributed by atoms with E-state index in [0.29, 0.717) is 6.54 Å². The van der Waals surface area contributed by atoms with Gasteiger partial charge in [-0.2, -0.15) is 0 Å². The van der Waals surface area contributed by atoms with Crippen LogP contribution in [-0.4, -0.2) is 24.2 Å². The number of carbonyl (C=O) groups excluding carboxylic acids is 1. The van der Waals surface area contributed by atoms with Gasteiger partial charge in [0.2, 0.25) is 0 Å². The van der Waals surface area contributed by atoms with Gasteiger partial charge in [-0.25, -0.2) is 4.39 Å². The van der Waals surface area contributed by atoms with Crippen LogP contribution in [0.25, 0.3) is 0 Å². The van der Waals surface area contributed by atoms with Crippen LogP contribution in [-0.2, 0) is 0 Å². The van der Waals surface area contributed by atoms with Crippen LogP contribution in [0.1, 0.15) is 29.6 Å². The molecule has 20 heavy (non-hydrogen) atoms. The molecule has 1 fully saturated rings. The summed E-state index contributed by atoms with van der Waals surface area (Å²) in [6, 6.07) is 2.26. The molecule has 0 spiro atoms. The van der Waals surface area contributed by atoms with Crippen molar-refractivity contribution in [3.05, 3.63) is 33.6 Å². The lowest BCUT2D eigenvalue weighted by atomic mass is 9.97. The summed E-state index contributed by atoms with van der Waals surface area (Å²) in [5.41, 5.74) is 0.0760. The molecule has 1 aliphatic carbocycles. The number of halogens is 3. The maximum atomic E-state index is 13.4. The predicted molar refractivity (Wildman–Crippen MR) is 76.7 cm³/mol. The number of aliphatic hydroxyl groups excluding tert-OH is 1. The standard InChI is InChI=1S/C14H16Cl2FNO2/c15-11-5-12(16)13(17)4-10(11)14(20)18-6-8-2-1-3-9(8)7-19/h4-5,8-9,19H,1-3,6-7H2,(H,18,20). The van der Waals surface area contributed by atoms with Crippen LogP contribution in [0.2, 0.25) is 10.0 Å². The summed E-state index contributed by atoms with van der Waals surface area (Å²) < 4.78 is 13.4. The smallest absolute Gasteiger partial charge is 0.252 e. The van der Waals surface area contributed by atoms with E-state index >= 15 is 0 Å². The molecule has 3 nitrogen and oxygen atoms in total. The Bertz CT molecular complexity index is 510. The summed E-state index contributed by atoms with van der Waals surface area (Å²) >= 11 is 11.5. The van der Waals surface area contributed by atoms with E-state index in [-0.39, 0.29) is 34.1 Å². The van der Waals surface area contributed by atoms with Gasteiger partial charge in [-0.15, -0.1) is 0 Å². The SMILES string of the molecule is O=C(NCC1CCCC1CO)c1cc(F)c(Cl)cc1Cl. The molecule has 2 rings (SSSR count). The Morgan fingerprint density at radius 3 is 2.70 bits per heavy atom. The van der Waals surface area contributed by atoms with Crippen LogP contribution in [0.5, 0.6) is 0 Å². The molecule has 1 saturated carbocycles. The summed E-state index contributed by atoms with van der Waals surface area (Å²) in [5.74, 6) is -0.600. The number of hydrogen-bond donors (Lipinski definition) is 2. The maximum Gasteiger partial charge on any atom is 0.252 e. The number of aliphatic hydroxyl groups is 1. The monoisotopic (exact) mass is 319 g/mol. The zero-order chi connectivity index (χ0) is 14.7. The van der Waals surface area contributed by atoms with Crippen LogP contribution >= 0.6 is 23.2 Å². The number of amides is 1. The summed E-state index contributed by atoms with van der Waals surface area (Å²) in [6.45, 7) is 0.599. The van der Waals surface area contributed by atoms with E-state index in [1.807, 2.05) is 0 Å². The van der Waals surface area contributed by atoms with Crippen LogP contribution in [0.15, 0.2) is 12.1 Å². The van der Waals surface area contributed by atoms with Crippen LogP contribution < -0.4 is 5.32 Å². The van der Waals surface area contributed by atoms with Crippen molar-refractivity contribution in [1.29, 1.82) is 0 Å². The quantitative estimate of drug-likeness (QED) is 0.837. The fourth-order valence-corrected chi connectivity index (χ4v) is 3.11. The second-order valence-corrected chi connectivity index (χ2v) is 5.90. The lowest BCUT2D eigenvalue weighted by Crippen LogP contribution is -2.31. The maximum absolute atomic E-state index is 13.4. The zero-order valence-electron chi connectivity index (χ0n) is 10.8. The summed E-state index contributed by atoms with van der Waals surface area (Å²) in [5, 5.41) is 12.0. The van der Waals surface area contributed by atoms with E-state index < -0.39 is 11.7 Å². The molecule has 0 aromatic heterocycles. The first-order valence-electron chi connectivity index (χ1n) is 6.56. The van der Waals surface area contributed by atoms with E-state index in [1.54, 1.807) is 0 Å². The van der Waals surface area contributed by atoms with Crippen molar-refractivity contribution < 1.29 is 14.3 Å². The van der Waals surface area contributed by atoms with Crippen molar-refractivity contribution in [1.82, 2.24) is 5.32 Å². The Kier molecular flexibility index (Phi) is 5.24. The van der Waals surface area contributed by atoms with Gasteiger partial charge in [0.15, 0.2) is 0 Å². The van der Waals surface area contributed by atoms with E-state index in [2.05, 4.69) is 5.32 Å². The summed E-state index contributed by atoms with van der Waals surface area (Å²) in [6.07, 6.45) is 3.02. The largest absolute Gasteiger partial charge is 0.396 e. The van der Waals surface area contributed by atoms with Gasteiger partial charge in [-0.1, -0.05) is 29.6 Å². The minimum absolute atomic E-state index is 0.0760. The Morgan fingerprint density at radius 2 is 2.00 bits per heavy atom. The number of carbonyl (C=O) groups is 1. The molecule has 2 atom stereocenters. The molecule has 1 aromatic carbocycles. The normalized spacial score (nSPS) is 22.0. The minimum atomic E-state index is -0.671. The van der Waals surface area contributed by atoms with Gasteiger partial charge in [0.1, 0.15) is 5.82 Å². The van der Waals surface area contributed by atoms with Crippen LogP contribution in [0.3, 0.4) is 0 Å². The predicted octanol–water partition coefficient (Wildman–Crippen LogP) is 3.27. The number of benzene rings is 1. The van der Waals surface area contributed by atoms with Gasteiger partial charge in [0.05, 0.1) is 15.6 Å². The molecule has 2 unspecified atom stereocenters. The van der Waals surface area contributed by atoms with Gasteiger partial charge in [-0.05, 0) is 36.8 Å². The number of rotatable bonds is 4. The van der Waals surface area contributed by atoms with E-state index in [4.69, 9.17) is 23.2 Å². The average Bonchev–Trinajstić information content (AvgIpc) is 2.87. The highest BCUT2D eigenvalue weighted by Crippen LogP contribution is 2.31. The third-order valence-electron chi connectivity index (χ3n) is 3.83. The molecule has 6 heteroatoms. The zero-order valence-corrected chi connectivity index (χ0v) is 12.3. The Balaban J connectivity index is 2.00. The third kappa shape index (κ3) is 3.43. The highest BCUT2D eigenvalue weighted by molar-refractivity contribution is 6.36. The Morgan fingerprint density at radius 1 is 1.30 bits per heavy atom. The lowest BCUT2D eigenvalue weighted by Gasteiger charge is -2.18. The first-order valence-corrected chi connectivity index (χ1v) is 7.32. The van der Waals surface area contributed by atoms with E-state index in [0.717, 1.165) is 25.3 Å². The molecule has 110 valence electrons. The van der Waals surface area contributed by atoms with Gasteiger partial charge >= 0.3 is 0 Å². The first-order chi connectivity index (χ1) is 9.52. The molecule has 1 aliphatic rings. The molecular formula is C14H16Cl2FNO2. The molecule has 2 N–H and O–H groups in total. The molecular weight excluding hydrogens is 304 g/mol. The average molecular weight is 320 g/mol. The van der Waals surface area contributed by atoms with Gasteiger partial charge in [-0.3, -0.25) is 4.79 Å². The minimum Gasteiger partial charge on any atom is -0.396 e. The fraction of sp³-hybridized carbons (Fsp3) is 0.500. The molecule has 1 amide bonds. The molecule has 0 heterocycles. The highest BCUT2D eigenvalue weighted by Gasteiger charge is 2.27. The fourth-order valence-electron chi connectivity index (χ4n) is 2.64. The van der Waals surface area contributed by atoms with Crippen molar-refractivity contribution in [3.8, 4) is 0 Å². The Hall–Kier alpha value is -0.840. The molecule has 1 aromatic rings. The lowest BCUT2D eigenvalue weighted by molar-refractivity contribution is 0.0937. The van der Waals surface area contributed by atoms with E-state index in [1.165, 1.54) is 6.07 Å². The number of nitrogens with one attached hydrogen (secondary N) is 1. The van der Waals surface area contributed by atoms with Gasteiger partial charge < -0.3 is 10.4 Å². The molecule has 0 radical (unpaired) electrons. The second-order valence-electron chi connectivity index (χ2n) is 5.09. The Labute approximate surface area is 127 Å². The third-order valence-corrected chi connectivity index (χ3v) is 4.43. The molecule has 0 aliphatic heterocycles. The van der Waals surface area contributed by atoms with Crippen molar-refractivity contribution in [2.75, 3.05) is 13.2 Å².